The average molecular weight is 374 g/mol. The van der Waals surface area contributed by atoms with Crippen molar-refractivity contribution in [2.24, 2.45) is 0 Å². The molecule has 0 bridgehead atoms. The van der Waals surface area contributed by atoms with Gasteiger partial charge in [0.2, 0.25) is 0 Å². The Morgan fingerprint density at radius 3 is 2.54 bits per heavy atom. The molecule has 3 rings (SSSR count). The van der Waals surface area contributed by atoms with Crippen molar-refractivity contribution in [3.05, 3.63) is 30.3 Å². The van der Waals surface area contributed by atoms with Crippen LogP contribution in [0.5, 0.6) is 11.5 Å². The van der Waals surface area contributed by atoms with Gasteiger partial charge >= 0.3 is 5.97 Å². The first-order valence-corrected chi connectivity index (χ1v) is 8.64. The number of hydrogen-bond acceptors (Lipinski definition) is 8. The van der Waals surface area contributed by atoms with Gasteiger partial charge in [-0.05, 0) is 37.3 Å². The van der Waals surface area contributed by atoms with Gasteiger partial charge < -0.3 is 14.2 Å². The highest BCUT2D eigenvalue weighted by Gasteiger charge is 2.17. The van der Waals surface area contributed by atoms with Crippen LogP contribution in [0.4, 0.5) is 0 Å². The number of methoxy groups -OCH3 is 3. The summed E-state index contributed by atoms with van der Waals surface area (Å²) in [5.74, 6) is 1.47. The number of ether oxygens (including phenoxy) is 3. The molecule has 8 nitrogen and oxygen atoms in total. The van der Waals surface area contributed by atoms with E-state index in [4.69, 9.17) is 14.2 Å². The van der Waals surface area contributed by atoms with Gasteiger partial charge in [-0.25, -0.2) is 0 Å². The maximum atomic E-state index is 11.6. The van der Waals surface area contributed by atoms with E-state index in [-0.39, 0.29) is 11.2 Å². The van der Waals surface area contributed by atoms with E-state index in [1.807, 2.05) is 12.1 Å². The highest BCUT2D eigenvalue weighted by Crippen LogP contribution is 2.32. The van der Waals surface area contributed by atoms with E-state index in [0.717, 1.165) is 5.56 Å². The Bertz CT molecular complexity index is 944. The minimum absolute atomic E-state index is 0.305. The first-order chi connectivity index (χ1) is 12.6. The molecule has 9 heteroatoms. The van der Waals surface area contributed by atoms with E-state index in [2.05, 4.69) is 15.3 Å². The SMILES string of the molecule is COC(=O)[C@H](C)Sc1ccc2nnc(-c3ccc(OC)c(OC)c3)n2n1. The van der Waals surface area contributed by atoms with Crippen LogP contribution in [0.15, 0.2) is 35.4 Å². The molecule has 0 saturated carbocycles. The largest absolute Gasteiger partial charge is 0.493 e. The molecule has 0 amide bonds. The van der Waals surface area contributed by atoms with E-state index < -0.39 is 0 Å². The van der Waals surface area contributed by atoms with Gasteiger partial charge in [-0.15, -0.1) is 10.2 Å². The Labute approximate surface area is 154 Å². The minimum Gasteiger partial charge on any atom is -0.493 e. The third-order valence-corrected chi connectivity index (χ3v) is 4.72. The second-order valence-electron chi connectivity index (χ2n) is 5.32. The number of benzene rings is 1. The zero-order valence-corrected chi connectivity index (χ0v) is 15.6. The Balaban J connectivity index is 1.99. The van der Waals surface area contributed by atoms with Crippen molar-refractivity contribution in [1.82, 2.24) is 19.8 Å². The van der Waals surface area contributed by atoms with Crippen LogP contribution in [0.2, 0.25) is 0 Å². The molecule has 2 heterocycles. The summed E-state index contributed by atoms with van der Waals surface area (Å²) in [4.78, 5) is 11.6. The lowest BCUT2D eigenvalue weighted by Gasteiger charge is -2.09. The summed E-state index contributed by atoms with van der Waals surface area (Å²) < 4.78 is 17.0. The zero-order valence-electron chi connectivity index (χ0n) is 14.8. The maximum Gasteiger partial charge on any atom is 0.318 e. The van der Waals surface area contributed by atoms with Gasteiger partial charge in [0.1, 0.15) is 10.3 Å². The number of nitrogens with zero attached hydrogens (tertiary/aromatic N) is 4. The third-order valence-electron chi connectivity index (χ3n) is 3.71. The molecule has 0 aliphatic carbocycles. The van der Waals surface area contributed by atoms with Gasteiger partial charge in [-0.2, -0.15) is 9.61 Å². The molecule has 0 aliphatic heterocycles. The van der Waals surface area contributed by atoms with Crippen LogP contribution >= 0.6 is 11.8 Å². The second-order valence-corrected chi connectivity index (χ2v) is 6.68. The molecule has 0 radical (unpaired) electrons. The fraction of sp³-hybridized carbons (Fsp3) is 0.294. The van der Waals surface area contributed by atoms with Gasteiger partial charge in [0, 0.05) is 5.56 Å². The quantitative estimate of drug-likeness (QED) is 0.480. The molecule has 0 fully saturated rings. The predicted octanol–water partition coefficient (Wildman–Crippen LogP) is 2.46. The van der Waals surface area contributed by atoms with E-state index >= 15 is 0 Å². The lowest BCUT2D eigenvalue weighted by Crippen LogP contribution is -2.15. The number of carbonyl (C=O) groups excluding carboxylic acids is 1. The number of carbonyl (C=O) groups is 1. The van der Waals surface area contributed by atoms with Gasteiger partial charge in [0.15, 0.2) is 23.0 Å². The van der Waals surface area contributed by atoms with Crippen LogP contribution in [-0.2, 0) is 9.53 Å². The number of rotatable bonds is 6. The second kappa shape index (κ2) is 7.61. The van der Waals surface area contributed by atoms with E-state index in [9.17, 15) is 4.79 Å². The van der Waals surface area contributed by atoms with Crippen molar-refractivity contribution in [1.29, 1.82) is 0 Å². The van der Waals surface area contributed by atoms with Crippen LogP contribution in [-0.4, -0.2) is 52.4 Å². The highest BCUT2D eigenvalue weighted by molar-refractivity contribution is 8.00. The number of thioether (sulfide) groups is 1. The fourth-order valence-corrected chi connectivity index (χ4v) is 3.22. The first kappa shape index (κ1) is 18.0. The molecule has 1 aromatic carbocycles. The zero-order chi connectivity index (χ0) is 18.7. The highest BCUT2D eigenvalue weighted by atomic mass is 32.2. The van der Waals surface area contributed by atoms with Crippen molar-refractivity contribution in [2.45, 2.75) is 17.2 Å². The Morgan fingerprint density at radius 2 is 1.85 bits per heavy atom. The summed E-state index contributed by atoms with van der Waals surface area (Å²) in [6.45, 7) is 1.77. The number of fused-ring (bicyclic) bond motifs is 1. The number of hydrogen-bond donors (Lipinski definition) is 0. The van der Waals surface area contributed by atoms with E-state index in [0.29, 0.717) is 28.0 Å². The van der Waals surface area contributed by atoms with Crippen molar-refractivity contribution in [2.75, 3.05) is 21.3 Å². The molecule has 136 valence electrons. The summed E-state index contributed by atoms with van der Waals surface area (Å²) in [6, 6.07) is 9.07. The molecule has 0 unspecified atom stereocenters. The van der Waals surface area contributed by atoms with Crippen LogP contribution in [0.3, 0.4) is 0 Å². The first-order valence-electron chi connectivity index (χ1n) is 7.76. The molecule has 0 spiro atoms. The molecule has 2 aromatic heterocycles. The van der Waals surface area contributed by atoms with Crippen molar-refractivity contribution >= 4 is 23.4 Å². The van der Waals surface area contributed by atoms with Crippen LogP contribution in [0, 0.1) is 0 Å². The van der Waals surface area contributed by atoms with Gasteiger partial charge in [0.25, 0.3) is 0 Å². The molecule has 1 atom stereocenters. The van der Waals surface area contributed by atoms with Crippen molar-refractivity contribution in [3.8, 4) is 22.9 Å². The van der Waals surface area contributed by atoms with Crippen LogP contribution in [0.25, 0.3) is 17.0 Å². The Kier molecular flexibility index (Phi) is 5.27. The summed E-state index contributed by atoms with van der Waals surface area (Å²) >= 11 is 1.31. The monoisotopic (exact) mass is 374 g/mol. The maximum absolute atomic E-state index is 11.6. The average Bonchev–Trinajstić information content (AvgIpc) is 3.09. The van der Waals surface area contributed by atoms with Crippen LogP contribution < -0.4 is 9.47 Å². The topological polar surface area (TPSA) is 87.8 Å². The lowest BCUT2D eigenvalue weighted by atomic mass is 10.2. The molecular formula is C17H18N4O4S. The summed E-state index contributed by atoms with van der Waals surface area (Å²) in [7, 11) is 4.52. The Morgan fingerprint density at radius 1 is 1.08 bits per heavy atom. The summed E-state index contributed by atoms with van der Waals surface area (Å²) in [5.41, 5.74) is 1.38. The molecular weight excluding hydrogens is 356 g/mol. The molecule has 3 aromatic rings. The standard InChI is InChI=1S/C17H18N4O4S/c1-10(17(22)25-4)26-15-8-7-14-18-19-16(21(14)20-15)11-5-6-12(23-2)13(9-11)24-3/h5-10H,1-4H3/t10-/m0/s1. The van der Waals surface area contributed by atoms with E-state index in [1.54, 1.807) is 43.9 Å². The predicted molar refractivity (Wildman–Crippen MR) is 96.7 cm³/mol. The third kappa shape index (κ3) is 3.43. The molecule has 0 N–H and O–H groups in total. The smallest absolute Gasteiger partial charge is 0.318 e. The number of esters is 1. The molecule has 26 heavy (non-hydrogen) atoms. The lowest BCUT2D eigenvalue weighted by molar-refractivity contribution is -0.139. The Hall–Kier alpha value is -2.81. The van der Waals surface area contributed by atoms with Gasteiger partial charge in [-0.3, -0.25) is 4.79 Å². The van der Waals surface area contributed by atoms with Gasteiger partial charge in [0.05, 0.1) is 21.3 Å². The van der Waals surface area contributed by atoms with E-state index in [1.165, 1.54) is 18.9 Å². The minimum atomic E-state index is -0.369. The van der Waals surface area contributed by atoms with Crippen LogP contribution in [0.1, 0.15) is 6.92 Å². The van der Waals surface area contributed by atoms with Crippen molar-refractivity contribution in [3.63, 3.8) is 0 Å². The van der Waals surface area contributed by atoms with Gasteiger partial charge in [-0.1, -0.05) is 11.8 Å². The summed E-state index contributed by atoms with van der Waals surface area (Å²) in [5, 5.41) is 13.2. The summed E-state index contributed by atoms with van der Waals surface area (Å²) in [6.07, 6.45) is 0. The normalized spacial score (nSPS) is 12.0. The molecule has 0 saturated heterocycles. The molecule has 0 aliphatic rings. The number of aromatic nitrogens is 4. The fourth-order valence-electron chi connectivity index (χ4n) is 2.39. The van der Waals surface area contributed by atoms with Crippen molar-refractivity contribution < 1.29 is 19.0 Å².